The number of ether oxygens (including phenoxy) is 1. The van der Waals surface area contributed by atoms with E-state index in [1.165, 1.54) is 38.5 Å². The van der Waals surface area contributed by atoms with Gasteiger partial charge in [-0.15, -0.1) is 0 Å². The molecule has 1 heteroatoms. The highest BCUT2D eigenvalue weighted by Gasteiger charge is 2.34. The van der Waals surface area contributed by atoms with Crippen LogP contribution in [-0.2, 0) is 4.74 Å². The van der Waals surface area contributed by atoms with Gasteiger partial charge in [0.05, 0.1) is 0 Å². The van der Waals surface area contributed by atoms with E-state index in [1.54, 1.807) is 7.11 Å². The van der Waals surface area contributed by atoms with Crippen molar-refractivity contribution in [2.45, 2.75) is 38.5 Å². The summed E-state index contributed by atoms with van der Waals surface area (Å²) in [7, 11) is 1.79. The lowest BCUT2D eigenvalue weighted by Gasteiger charge is -2.17. The van der Waals surface area contributed by atoms with Crippen LogP contribution in [0.5, 0.6) is 0 Å². The van der Waals surface area contributed by atoms with Gasteiger partial charge in [0, 0.05) is 13.7 Å². The molecule has 1 nitrogen and oxygen atoms in total. The first kappa shape index (κ1) is 10.2. The highest BCUT2D eigenvalue weighted by molar-refractivity contribution is 5.09. The Hall–Kier alpha value is -0.300. The van der Waals surface area contributed by atoms with Crippen molar-refractivity contribution in [3.8, 4) is 0 Å². The molecule has 1 saturated carbocycles. The van der Waals surface area contributed by atoms with Crippen molar-refractivity contribution in [2.75, 3.05) is 13.7 Å². The molecule has 3 unspecified atom stereocenters. The van der Waals surface area contributed by atoms with Crippen molar-refractivity contribution in [1.29, 1.82) is 0 Å². The Morgan fingerprint density at radius 2 is 2.07 bits per heavy atom. The van der Waals surface area contributed by atoms with Crippen LogP contribution in [0.15, 0.2) is 12.2 Å². The second-order valence-electron chi connectivity index (χ2n) is 4.88. The quantitative estimate of drug-likeness (QED) is 0.465. The zero-order valence-corrected chi connectivity index (χ0v) is 9.24. The predicted octanol–water partition coefficient (Wildman–Crippen LogP) is 3.41. The molecular weight excluding hydrogens is 172 g/mol. The van der Waals surface area contributed by atoms with Gasteiger partial charge in [-0.3, -0.25) is 0 Å². The lowest BCUT2D eigenvalue weighted by atomic mass is 9.89. The van der Waals surface area contributed by atoms with E-state index in [9.17, 15) is 0 Å². The summed E-state index contributed by atoms with van der Waals surface area (Å²) >= 11 is 0. The van der Waals surface area contributed by atoms with E-state index in [2.05, 4.69) is 12.2 Å². The third kappa shape index (κ3) is 2.38. The number of hydrogen-bond acceptors (Lipinski definition) is 1. The van der Waals surface area contributed by atoms with Gasteiger partial charge in [-0.05, 0) is 43.4 Å². The first-order valence-electron chi connectivity index (χ1n) is 6.07. The minimum atomic E-state index is 0.941. The molecule has 0 amide bonds. The summed E-state index contributed by atoms with van der Waals surface area (Å²) in [5.74, 6) is 2.92. The SMILES string of the molecule is COCCCCCC1CC2C=CC1C2. The molecular formula is C13H22O. The number of methoxy groups -OCH3 is 1. The van der Waals surface area contributed by atoms with E-state index in [1.807, 2.05) is 0 Å². The molecule has 0 aliphatic heterocycles. The van der Waals surface area contributed by atoms with Crippen molar-refractivity contribution < 1.29 is 4.74 Å². The second kappa shape index (κ2) is 4.97. The Morgan fingerprint density at radius 1 is 1.14 bits per heavy atom. The highest BCUT2D eigenvalue weighted by atomic mass is 16.5. The van der Waals surface area contributed by atoms with E-state index in [4.69, 9.17) is 4.74 Å². The topological polar surface area (TPSA) is 9.23 Å². The summed E-state index contributed by atoms with van der Waals surface area (Å²) in [6.45, 7) is 0.941. The van der Waals surface area contributed by atoms with E-state index >= 15 is 0 Å². The van der Waals surface area contributed by atoms with Crippen LogP contribution in [0, 0.1) is 17.8 Å². The third-order valence-electron chi connectivity index (χ3n) is 3.84. The summed E-state index contributed by atoms with van der Waals surface area (Å²) in [5, 5.41) is 0. The molecule has 2 bridgehead atoms. The molecule has 0 aromatic rings. The Labute approximate surface area is 87.5 Å². The molecule has 1 fully saturated rings. The van der Waals surface area contributed by atoms with Crippen LogP contribution in [-0.4, -0.2) is 13.7 Å². The molecule has 0 aromatic carbocycles. The summed E-state index contributed by atoms with van der Waals surface area (Å²) in [6.07, 6.45) is 13.3. The second-order valence-corrected chi connectivity index (χ2v) is 4.88. The van der Waals surface area contributed by atoms with Gasteiger partial charge in [0.2, 0.25) is 0 Å². The van der Waals surface area contributed by atoms with Crippen LogP contribution in [0.3, 0.4) is 0 Å². The molecule has 3 atom stereocenters. The molecule has 2 rings (SSSR count). The Morgan fingerprint density at radius 3 is 2.71 bits per heavy atom. The minimum absolute atomic E-state index is 0.941. The number of fused-ring (bicyclic) bond motifs is 2. The Kier molecular flexibility index (Phi) is 3.63. The van der Waals surface area contributed by atoms with Crippen molar-refractivity contribution in [3.63, 3.8) is 0 Å². The zero-order valence-electron chi connectivity index (χ0n) is 9.24. The number of rotatable bonds is 6. The first-order chi connectivity index (χ1) is 6.90. The zero-order chi connectivity index (χ0) is 9.80. The van der Waals surface area contributed by atoms with E-state index in [-0.39, 0.29) is 0 Å². The maximum atomic E-state index is 5.05. The molecule has 0 aromatic heterocycles. The van der Waals surface area contributed by atoms with Gasteiger partial charge in [-0.2, -0.15) is 0 Å². The highest BCUT2D eigenvalue weighted by Crippen LogP contribution is 2.45. The summed E-state index contributed by atoms with van der Waals surface area (Å²) in [6, 6.07) is 0. The average Bonchev–Trinajstić information content (AvgIpc) is 2.79. The van der Waals surface area contributed by atoms with E-state index in [0.717, 1.165) is 24.4 Å². The van der Waals surface area contributed by atoms with Crippen LogP contribution >= 0.6 is 0 Å². The normalized spacial score (nSPS) is 34.2. The number of unbranched alkanes of at least 4 members (excludes halogenated alkanes) is 2. The predicted molar refractivity (Wildman–Crippen MR) is 59.2 cm³/mol. The smallest absolute Gasteiger partial charge is 0.0462 e. The fourth-order valence-electron chi connectivity index (χ4n) is 3.06. The molecule has 2 aliphatic rings. The van der Waals surface area contributed by atoms with Crippen molar-refractivity contribution in [3.05, 3.63) is 12.2 Å². The fourth-order valence-corrected chi connectivity index (χ4v) is 3.06. The van der Waals surface area contributed by atoms with Crippen molar-refractivity contribution in [1.82, 2.24) is 0 Å². The number of allylic oxidation sites excluding steroid dienone is 2. The Balaban J connectivity index is 1.56. The van der Waals surface area contributed by atoms with Crippen LogP contribution in [0.1, 0.15) is 38.5 Å². The van der Waals surface area contributed by atoms with Crippen LogP contribution in [0.4, 0.5) is 0 Å². The lowest BCUT2D eigenvalue weighted by Crippen LogP contribution is -2.06. The van der Waals surface area contributed by atoms with Gasteiger partial charge in [0.1, 0.15) is 0 Å². The summed E-state index contributed by atoms with van der Waals surface area (Å²) in [5.41, 5.74) is 0. The van der Waals surface area contributed by atoms with E-state index in [0.29, 0.717) is 0 Å². The van der Waals surface area contributed by atoms with Gasteiger partial charge in [0.15, 0.2) is 0 Å². The van der Waals surface area contributed by atoms with Gasteiger partial charge in [0.25, 0.3) is 0 Å². The summed E-state index contributed by atoms with van der Waals surface area (Å²) in [4.78, 5) is 0. The van der Waals surface area contributed by atoms with Crippen molar-refractivity contribution >= 4 is 0 Å². The standard InChI is InChI=1S/C13H22O/c1-14-8-4-2-3-5-12-9-11-6-7-13(12)10-11/h6-7,11-13H,2-5,8-10H2,1H3. The molecule has 0 spiro atoms. The van der Waals surface area contributed by atoms with Gasteiger partial charge in [-0.25, -0.2) is 0 Å². The van der Waals surface area contributed by atoms with Crippen LogP contribution in [0.2, 0.25) is 0 Å². The largest absolute Gasteiger partial charge is 0.385 e. The minimum Gasteiger partial charge on any atom is -0.385 e. The fraction of sp³-hybridized carbons (Fsp3) is 0.846. The average molecular weight is 194 g/mol. The van der Waals surface area contributed by atoms with Crippen molar-refractivity contribution in [2.24, 2.45) is 17.8 Å². The molecule has 0 heterocycles. The van der Waals surface area contributed by atoms with E-state index < -0.39 is 0 Å². The monoisotopic (exact) mass is 194 g/mol. The lowest BCUT2D eigenvalue weighted by molar-refractivity contribution is 0.191. The molecule has 0 saturated heterocycles. The van der Waals surface area contributed by atoms with Crippen LogP contribution in [0.25, 0.3) is 0 Å². The van der Waals surface area contributed by atoms with Gasteiger partial charge >= 0.3 is 0 Å². The molecule has 0 N–H and O–H groups in total. The maximum Gasteiger partial charge on any atom is 0.0462 e. The first-order valence-corrected chi connectivity index (χ1v) is 6.07. The molecule has 0 radical (unpaired) electrons. The Bertz CT molecular complexity index is 197. The number of hydrogen-bond donors (Lipinski definition) is 0. The van der Waals surface area contributed by atoms with Gasteiger partial charge in [-0.1, -0.05) is 25.0 Å². The molecule has 80 valence electrons. The maximum absolute atomic E-state index is 5.05. The van der Waals surface area contributed by atoms with Crippen LogP contribution < -0.4 is 0 Å². The molecule has 2 aliphatic carbocycles. The van der Waals surface area contributed by atoms with Gasteiger partial charge < -0.3 is 4.74 Å². The summed E-state index contributed by atoms with van der Waals surface area (Å²) < 4.78 is 5.05. The molecule has 14 heavy (non-hydrogen) atoms. The third-order valence-corrected chi connectivity index (χ3v) is 3.84.